The van der Waals surface area contributed by atoms with Crippen molar-refractivity contribution in [2.75, 3.05) is 32.1 Å². The van der Waals surface area contributed by atoms with Gasteiger partial charge < -0.3 is 15.5 Å². The Balaban J connectivity index is 0.00000162. The van der Waals surface area contributed by atoms with Crippen LogP contribution in [-0.4, -0.2) is 38.1 Å². The summed E-state index contributed by atoms with van der Waals surface area (Å²) in [6.45, 7) is 2.59. The SMILES string of the molecule is CN(C)c1cccnc1CNC1=NCCCN1.I. The first kappa shape index (κ1) is 15.0. The molecule has 0 bridgehead atoms. The number of halogens is 1. The molecule has 2 rings (SSSR count). The third-order valence-corrected chi connectivity index (χ3v) is 2.67. The van der Waals surface area contributed by atoms with E-state index >= 15 is 0 Å². The van der Waals surface area contributed by atoms with Gasteiger partial charge in [0.2, 0.25) is 0 Å². The lowest BCUT2D eigenvalue weighted by atomic mass is 10.2. The van der Waals surface area contributed by atoms with Crippen LogP contribution >= 0.6 is 24.0 Å². The first-order valence-electron chi connectivity index (χ1n) is 5.91. The second-order valence-electron chi connectivity index (χ2n) is 4.23. The Kier molecular flexibility index (Phi) is 6.17. The number of aliphatic imine (C=N–C) groups is 1. The van der Waals surface area contributed by atoms with Gasteiger partial charge in [0.25, 0.3) is 0 Å². The Hall–Kier alpha value is -1.05. The minimum absolute atomic E-state index is 0. The van der Waals surface area contributed by atoms with Crippen molar-refractivity contribution in [3.63, 3.8) is 0 Å². The van der Waals surface area contributed by atoms with Crippen molar-refractivity contribution in [2.45, 2.75) is 13.0 Å². The molecule has 0 unspecified atom stereocenters. The monoisotopic (exact) mass is 361 g/mol. The molecule has 0 spiro atoms. The first-order valence-corrected chi connectivity index (χ1v) is 5.91. The number of anilines is 1. The van der Waals surface area contributed by atoms with E-state index in [2.05, 4.69) is 31.6 Å². The highest BCUT2D eigenvalue weighted by Crippen LogP contribution is 2.14. The number of guanidine groups is 1. The van der Waals surface area contributed by atoms with Crippen LogP contribution in [0, 0.1) is 0 Å². The quantitative estimate of drug-likeness (QED) is 0.795. The van der Waals surface area contributed by atoms with Crippen LogP contribution in [0.2, 0.25) is 0 Å². The van der Waals surface area contributed by atoms with Gasteiger partial charge in [0, 0.05) is 33.4 Å². The van der Waals surface area contributed by atoms with Gasteiger partial charge in [-0.25, -0.2) is 0 Å². The van der Waals surface area contributed by atoms with Crippen molar-refractivity contribution in [3.05, 3.63) is 24.0 Å². The summed E-state index contributed by atoms with van der Waals surface area (Å²) < 4.78 is 0. The zero-order chi connectivity index (χ0) is 12.1. The van der Waals surface area contributed by atoms with E-state index in [1.54, 1.807) is 0 Å². The van der Waals surface area contributed by atoms with Gasteiger partial charge >= 0.3 is 0 Å². The molecular formula is C12H20IN5. The number of hydrogen-bond donors (Lipinski definition) is 2. The van der Waals surface area contributed by atoms with Gasteiger partial charge in [-0.05, 0) is 18.6 Å². The normalized spacial score (nSPS) is 14.0. The summed E-state index contributed by atoms with van der Waals surface area (Å²) in [4.78, 5) is 10.8. The van der Waals surface area contributed by atoms with Crippen LogP contribution in [0.15, 0.2) is 23.3 Å². The lowest BCUT2D eigenvalue weighted by Crippen LogP contribution is -2.40. The summed E-state index contributed by atoms with van der Waals surface area (Å²) in [7, 11) is 4.05. The predicted molar refractivity (Wildman–Crippen MR) is 85.7 cm³/mol. The van der Waals surface area contributed by atoms with Gasteiger partial charge in [0.05, 0.1) is 17.9 Å². The van der Waals surface area contributed by atoms with Crippen LogP contribution in [-0.2, 0) is 6.54 Å². The fraction of sp³-hybridized carbons (Fsp3) is 0.500. The van der Waals surface area contributed by atoms with Gasteiger partial charge in [0.15, 0.2) is 5.96 Å². The van der Waals surface area contributed by atoms with Crippen molar-refractivity contribution < 1.29 is 0 Å². The molecule has 1 aliphatic rings. The molecule has 0 fully saturated rings. The van der Waals surface area contributed by atoms with E-state index in [-0.39, 0.29) is 24.0 Å². The maximum absolute atomic E-state index is 4.40. The third kappa shape index (κ3) is 4.01. The molecule has 0 radical (unpaired) electrons. The minimum atomic E-state index is 0. The molecule has 0 aliphatic carbocycles. The first-order chi connectivity index (χ1) is 8.27. The molecule has 2 heterocycles. The summed E-state index contributed by atoms with van der Waals surface area (Å²) in [6.07, 6.45) is 2.93. The Labute approximate surface area is 125 Å². The predicted octanol–water partition coefficient (Wildman–Crippen LogP) is 1.20. The Morgan fingerprint density at radius 1 is 1.44 bits per heavy atom. The van der Waals surface area contributed by atoms with Crippen LogP contribution in [0.5, 0.6) is 0 Å². The highest BCUT2D eigenvalue weighted by atomic mass is 127. The Morgan fingerprint density at radius 3 is 2.94 bits per heavy atom. The van der Waals surface area contributed by atoms with Crippen LogP contribution in [0.25, 0.3) is 0 Å². The summed E-state index contributed by atoms with van der Waals surface area (Å²) in [5.74, 6) is 0.881. The number of hydrogen-bond acceptors (Lipinski definition) is 5. The third-order valence-electron chi connectivity index (χ3n) is 2.67. The van der Waals surface area contributed by atoms with Gasteiger partial charge in [-0.2, -0.15) is 0 Å². The van der Waals surface area contributed by atoms with Gasteiger partial charge in [-0.15, -0.1) is 24.0 Å². The lowest BCUT2D eigenvalue weighted by Gasteiger charge is -2.19. The van der Waals surface area contributed by atoms with Gasteiger partial charge in [-0.1, -0.05) is 0 Å². The number of nitrogens with zero attached hydrogens (tertiary/aromatic N) is 3. The van der Waals surface area contributed by atoms with E-state index in [1.807, 2.05) is 26.4 Å². The molecule has 0 saturated heterocycles. The Bertz CT molecular complexity index is 405. The van der Waals surface area contributed by atoms with Crippen molar-refractivity contribution >= 4 is 35.6 Å². The molecule has 0 atom stereocenters. The molecule has 1 aliphatic heterocycles. The molecule has 0 saturated carbocycles. The second-order valence-corrected chi connectivity index (χ2v) is 4.23. The highest BCUT2D eigenvalue weighted by molar-refractivity contribution is 14.0. The number of pyridine rings is 1. The number of aromatic nitrogens is 1. The molecule has 5 nitrogen and oxygen atoms in total. The molecule has 18 heavy (non-hydrogen) atoms. The van der Waals surface area contributed by atoms with Crippen molar-refractivity contribution in [1.29, 1.82) is 0 Å². The smallest absolute Gasteiger partial charge is 0.191 e. The van der Waals surface area contributed by atoms with Crippen LogP contribution in [0.4, 0.5) is 5.69 Å². The second kappa shape index (κ2) is 7.40. The maximum Gasteiger partial charge on any atom is 0.191 e. The minimum Gasteiger partial charge on any atom is -0.376 e. The molecule has 2 N–H and O–H groups in total. The number of rotatable bonds is 3. The standard InChI is InChI=1S/C12H19N5.HI/c1-17(2)11-5-3-6-13-10(11)9-16-12-14-7-4-8-15-12;/h3,5-6H,4,7-9H2,1-2H3,(H2,14,15,16);1H. The fourth-order valence-corrected chi connectivity index (χ4v) is 1.79. The summed E-state index contributed by atoms with van der Waals surface area (Å²) in [6, 6.07) is 4.02. The molecule has 1 aromatic heterocycles. The molecular weight excluding hydrogens is 341 g/mol. The zero-order valence-electron chi connectivity index (χ0n) is 10.8. The lowest BCUT2D eigenvalue weighted by molar-refractivity contribution is 0.698. The van der Waals surface area contributed by atoms with Crippen molar-refractivity contribution in [1.82, 2.24) is 15.6 Å². The van der Waals surface area contributed by atoms with Gasteiger partial charge in [0.1, 0.15) is 0 Å². The van der Waals surface area contributed by atoms with Crippen LogP contribution in [0.3, 0.4) is 0 Å². The molecule has 0 amide bonds. The van der Waals surface area contributed by atoms with E-state index in [0.29, 0.717) is 6.54 Å². The van der Waals surface area contributed by atoms with E-state index in [4.69, 9.17) is 0 Å². The Morgan fingerprint density at radius 2 is 2.28 bits per heavy atom. The summed E-state index contributed by atoms with van der Waals surface area (Å²) >= 11 is 0. The average molecular weight is 361 g/mol. The largest absolute Gasteiger partial charge is 0.376 e. The van der Waals surface area contributed by atoms with Crippen molar-refractivity contribution in [3.8, 4) is 0 Å². The van der Waals surface area contributed by atoms with Crippen molar-refractivity contribution in [2.24, 2.45) is 4.99 Å². The average Bonchev–Trinajstić information content (AvgIpc) is 2.38. The highest BCUT2D eigenvalue weighted by Gasteiger charge is 2.07. The molecule has 100 valence electrons. The van der Waals surface area contributed by atoms with E-state index in [1.165, 1.54) is 0 Å². The van der Waals surface area contributed by atoms with E-state index in [0.717, 1.165) is 36.9 Å². The summed E-state index contributed by atoms with van der Waals surface area (Å²) in [5, 5.41) is 6.52. The molecule has 6 heteroatoms. The topological polar surface area (TPSA) is 52.6 Å². The summed E-state index contributed by atoms with van der Waals surface area (Å²) in [5.41, 5.74) is 2.17. The van der Waals surface area contributed by atoms with Gasteiger partial charge in [-0.3, -0.25) is 9.98 Å². The van der Waals surface area contributed by atoms with E-state index < -0.39 is 0 Å². The zero-order valence-corrected chi connectivity index (χ0v) is 13.1. The van der Waals surface area contributed by atoms with Crippen LogP contribution < -0.4 is 15.5 Å². The van der Waals surface area contributed by atoms with Crippen LogP contribution in [0.1, 0.15) is 12.1 Å². The number of nitrogens with one attached hydrogen (secondary N) is 2. The molecule has 0 aromatic carbocycles. The van der Waals surface area contributed by atoms with E-state index in [9.17, 15) is 0 Å². The fourth-order valence-electron chi connectivity index (χ4n) is 1.79. The maximum atomic E-state index is 4.40. The molecule has 1 aromatic rings.